The lowest BCUT2D eigenvalue weighted by Gasteiger charge is -2.28. The van der Waals surface area contributed by atoms with Gasteiger partial charge < -0.3 is 9.84 Å². The van der Waals surface area contributed by atoms with Crippen LogP contribution in [-0.4, -0.2) is 34.4 Å². The second-order valence-corrected chi connectivity index (χ2v) is 7.22. The molecule has 1 rings (SSSR count). The molecule has 0 saturated heterocycles. The first-order chi connectivity index (χ1) is 8.24. The molecular formula is C11H17BrN2O3S. The molecule has 0 aliphatic rings. The van der Waals surface area contributed by atoms with Gasteiger partial charge in [-0.15, -0.1) is 0 Å². The van der Waals surface area contributed by atoms with Crippen molar-refractivity contribution < 1.29 is 14.6 Å². The van der Waals surface area contributed by atoms with Gasteiger partial charge in [0.05, 0.1) is 22.6 Å². The van der Waals surface area contributed by atoms with Crippen LogP contribution in [0.1, 0.15) is 27.7 Å². The van der Waals surface area contributed by atoms with Crippen LogP contribution in [0.5, 0.6) is 0 Å². The molecule has 1 aromatic heterocycles. The van der Waals surface area contributed by atoms with Gasteiger partial charge in [0.1, 0.15) is 5.60 Å². The highest BCUT2D eigenvalue weighted by atomic mass is 79.9. The minimum atomic E-state index is -0.584. The highest BCUT2D eigenvalue weighted by Gasteiger charge is 2.29. The van der Waals surface area contributed by atoms with E-state index in [0.717, 1.165) is 3.79 Å². The fourth-order valence-corrected chi connectivity index (χ4v) is 2.47. The molecule has 0 radical (unpaired) electrons. The van der Waals surface area contributed by atoms with Gasteiger partial charge >= 0.3 is 6.09 Å². The van der Waals surface area contributed by atoms with E-state index < -0.39 is 17.7 Å². The van der Waals surface area contributed by atoms with Crippen molar-refractivity contribution in [3.63, 3.8) is 0 Å². The number of carbonyl (C=O) groups excluding carboxylic acids is 1. The van der Waals surface area contributed by atoms with Crippen LogP contribution in [0.3, 0.4) is 0 Å². The van der Waals surface area contributed by atoms with E-state index in [4.69, 9.17) is 4.74 Å². The number of aromatic nitrogens is 1. The van der Waals surface area contributed by atoms with Crippen LogP contribution in [0.4, 0.5) is 9.93 Å². The molecule has 18 heavy (non-hydrogen) atoms. The van der Waals surface area contributed by atoms with Crippen LogP contribution < -0.4 is 4.90 Å². The van der Waals surface area contributed by atoms with E-state index in [1.807, 2.05) is 0 Å². The lowest BCUT2D eigenvalue weighted by atomic mass is 10.2. The molecule has 0 spiro atoms. The van der Waals surface area contributed by atoms with Crippen molar-refractivity contribution in [2.45, 2.75) is 39.3 Å². The van der Waals surface area contributed by atoms with E-state index in [9.17, 15) is 9.90 Å². The van der Waals surface area contributed by atoms with Crippen LogP contribution in [-0.2, 0) is 4.74 Å². The maximum absolute atomic E-state index is 12.1. The molecule has 0 aliphatic heterocycles. The Morgan fingerprint density at radius 3 is 2.67 bits per heavy atom. The van der Waals surface area contributed by atoms with Gasteiger partial charge in [-0.2, -0.15) is 0 Å². The SMILES string of the molecule is CC(CO)N(C(=O)OC(C)(C)C)c1ncc(Br)s1. The number of aliphatic hydroxyl groups is 1. The number of carbonyl (C=O) groups is 1. The zero-order valence-corrected chi connectivity index (χ0v) is 13.2. The minimum absolute atomic E-state index is 0.156. The summed E-state index contributed by atoms with van der Waals surface area (Å²) in [6.45, 7) is 6.97. The third-order valence-electron chi connectivity index (χ3n) is 1.97. The molecule has 5 nitrogen and oxygen atoms in total. The predicted molar refractivity (Wildman–Crippen MR) is 75.1 cm³/mol. The molecule has 1 unspecified atom stereocenters. The molecule has 0 saturated carbocycles. The molecule has 1 amide bonds. The maximum atomic E-state index is 12.1. The summed E-state index contributed by atoms with van der Waals surface area (Å²) >= 11 is 4.61. The third-order valence-corrected chi connectivity index (χ3v) is 3.44. The Kier molecular flexibility index (Phi) is 5.12. The van der Waals surface area contributed by atoms with E-state index in [2.05, 4.69) is 20.9 Å². The van der Waals surface area contributed by atoms with Crippen molar-refractivity contribution in [2.24, 2.45) is 0 Å². The van der Waals surface area contributed by atoms with Gasteiger partial charge in [0.15, 0.2) is 5.13 Å². The van der Waals surface area contributed by atoms with Crippen molar-refractivity contribution >= 4 is 38.5 Å². The predicted octanol–water partition coefficient (Wildman–Crippen LogP) is 3.03. The van der Waals surface area contributed by atoms with Gasteiger partial charge in [-0.05, 0) is 43.6 Å². The fraction of sp³-hybridized carbons (Fsp3) is 0.636. The Bertz CT molecular complexity index is 417. The Labute approximate surface area is 119 Å². The highest BCUT2D eigenvalue weighted by Crippen LogP contribution is 2.29. The Hall–Kier alpha value is -0.660. The molecule has 7 heteroatoms. The lowest BCUT2D eigenvalue weighted by molar-refractivity contribution is 0.0555. The number of halogens is 1. The van der Waals surface area contributed by atoms with Crippen molar-refractivity contribution in [3.8, 4) is 0 Å². The van der Waals surface area contributed by atoms with E-state index in [1.165, 1.54) is 16.2 Å². The van der Waals surface area contributed by atoms with Gasteiger partial charge in [-0.3, -0.25) is 0 Å². The Morgan fingerprint density at radius 1 is 1.67 bits per heavy atom. The molecule has 1 atom stereocenters. The number of ether oxygens (including phenoxy) is 1. The summed E-state index contributed by atoms with van der Waals surface area (Å²) in [7, 11) is 0. The van der Waals surface area contributed by atoms with Crippen LogP contribution >= 0.6 is 27.3 Å². The summed E-state index contributed by atoms with van der Waals surface area (Å²) in [5.74, 6) is 0. The molecule has 0 bridgehead atoms. The summed E-state index contributed by atoms with van der Waals surface area (Å²) in [5, 5.41) is 9.73. The molecule has 102 valence electrons. The molecule has 1 heterocycles. The first kappa shape index (κ1) is 15.4. The summed E-state index contributed by atoms with van der Waals surface area (Å²) in [4.78, 5) is 17.6. The average molecular weight is 337 g/mol. The third kappa shape index (κ3) is 4.22. The van der Waals surface area contributed by atoms with Gasteiger partial charge in [0.25, 0.3) is 0 Å². The maximum Gasteiger partial charge on any atom is 0.416 e. The molecule has 1 aromatic rings. The van der Waals surface area contributed by atoms with Crippen LogP contribution in [0.25, 0.3) is 0 Å². The zero-order chi connectivity index (χ0) is 13.9. The molecule has 1 N–H and O–H groups in total. The Balaban J connectivity index is 2.96. The van der Waals surface area contributed by atoms with E-state index >= 15 is 0 Å². The first-order valence-corrected chi connectivity index (χ1v) is 7.10. The van der Waals surface area contributed by atoms with Crippen molar-refractivity contribution in [1.29, 1.82) is 0 Å². The lowest BCUT2D eigenvalue weighted by Crippen LogP contribution is -2.43. The van der Waals surface area contributed by atoms with Crippen LogP contribution in [0, 0.1) is 0 Å². The average Bonchev–Trinajstić information content (AvgIpc) is 2.62. The van der Waals surface area contributed by atoms with E-state index in [1.54, 1.807) is 33.9 Å². The molecule has 0 aromatic carbocycles. The van der Waals surface area contributed by atoms with Gasteiger partial charge in [0.2, 0.25) is 0 Å². The normalized spacial score (nSPS) is 13.2. The molecule has 0 fully saturated rings. The quantitative estimate of drug-likeness (QED) is 0.921. The summed E-state index contributed by atoms with van der Waals surface area (Å²) in [5.41, 5.74) is -0.584. The number of anilines is 1. The van der Waals surface area contributed by atoms with Crippen LogP contribution in [0.15, 0.2) is 9.98 Å². The fourth-order valence-electron chi connectivity index (χ4n) is 1.20. The second-order valence-electron chi connectivity index (χ2n) is 4.83. The Morgan fingerprint density at radius 2 is 2.28 bits per heavy atom. The number of hydrogen-bond donors (Lipinski definition) is 1. The highest BCUT2D eigenvalue weighted by molar-refractivity contribution is 9.11. The summed E-state index contributed by atoms with van der Waals surface area (Å²) in [6, 6.07) is -0.391. The van der Waals surface area contributed by atoms with Crippen molar-refractivity contribution in [3.05, 3.63) is 9.98 Å². The largest absolute Gasteiger partial charge is 0.443 e. The second kappa shape index (κ2) is 5.99. The smallest absolute Gasteiger partial charge is 0.416 e. The van der Waals surface area contributed by atoms with Crippen LogP contribution in [0.2, 0.25) is 0 Å². The summed E-state index contributed by atoms with van der Waals surface area (Å²) < 4.78 is 6.13. The molecule has 0 aliphatic carbocycles. The van der Waals surface area contributed by atoms with Gasteiger partial charge in [0, 0.05) is 0 Å². The standard InChI is InChI=1S/C11H17BrN2O3S/c1-7(6-15)14(9-13-5-8(12)18-9)10(16)17-11(2,3)4/h5,7,15H,6H2,1-4H3. The minimum Gasteiger partial charge on any atom is -0.443 e. The number of aliphatic hydroxyl groups excluding tert-OH is 1. The van der Waals surface area contributed by atoms with Gasteiger partial charge in [-0.1, -0.05) is 11.3 Å². The monoisotopic (exact) mass is 336 g/mol. The van der Waals surface area contributed by atoms with Gasteiger partial charge in [-0.25, -0.2) is 14.7 Å². The number of nitrogens with zero attached hydrogens (tertiary/aromatic N) is 2. The number of rotatable bonds is 3. The topological polar surface area (TPSA) is 62.7 Å². The van der Waals surface area contributed by atoms with Crippen molar-refractivity contribution in [2.75, 3.05) is 11.5 Å². The zero-order valence-electron chi connectivity index (χ0n) is 10.8. The summed E-state index contributed by atoms with van der Waals surface area (Å²) in [6.07, 6.45) is 1.10. The van der Waals surface area contributed by atoms with E-state index in [-0.39, 0.29) is 6.61 Å². The molecular weight excluding hydrogens is 320 g/mol. The number of thiazole rings is 1. The first-order valence-electron chi connectivity index (χ1n) is 5.49. The number of amides is 1. The van der Waals surface area contributed by atoms with Crippen molar-refractivity contribution in [1.82, 2.24) is 4.98 Å². The van der Waals surface area contributed by atoms with E-state index in [0.29, 0.717) is 5.13 Å². The number of hydrogen-bond acceptors (Lipinski definition) is 5.